The first-order chi connectivity index (χ1) is 5.65. The lowest BCUT2D eigenvalue weighted by atomic mass is 10.1. The number of aromatic nitrogens is 1. The van der Waals surface area contributed by atoms with Crippen molar-refractivity contribution in [1.29, 1.82) is 0 Å². The fourth-order valence-electron chi connectivity index (χ4n) is 0.799. The smallest absolute Gasteiger partial charge is 0.218 e. The summed E-state index contributed by atoms with van der Waals surface area (Å²) in [5.41, 5.74) is 5.89. The van der Waals surface area contributed by atoms with Crippen LogP contribution in [0.5, 0.6) is 0 Å². The lowest BCUT2D eigenvalue weighted by molar-refractivity contribution is 0.559. The lowest BCUT2D eigenvalue weighted by Crippen LogP contribution is -2.09. The van der Waals surface area contributed by atoms with E-state index in [2.05, 4.69) is 27.5 Å². The van der Waals surface area contributed by atoms with Crippen molar-refractivity contribution < 1.29 is 4.39 Å². The Hall–Kier alpha value is -0.740. The summed E-state index contributed by atoms with van der Waals surface area (Å²) in [5, 5.41) is 0. The second kappa shape index (κ2) is 3.78. The maximum absolute atomic E-state index is 12.9. The van der Waals surface area contributed by atoms with E-state index in [0.717, 1.165) is 0 Å². The van der Waals surface area contributed by atoms with E-state index in [1.165, 1.54) is 12.3 Å². The molecule has 1 atom stereocenters. The summed E-state index contributed by atoms with van der Waals surface area (Å²) >= 11 is 3.17. The van der Waals surface area contributed by atoms with E-state index in [-0.39, 0.29) is 0 Å². The monoisotopic (exact) mass is 230 g/mol. The second-order valence-corrected chi connectivity index (χ2v) is 3.21. The van der Waals surface area contributed by atoms with Crippen LogP contribution >= 0.6 is 15.9 Å². The molecule has 12 heavy (non-hydrogen) atoms. The SMILES string of the molecule is C=C[C@@H](N)c1cc(Br)cnc1F. The van der Waals surface area contributed by atoms with E-state index in [4.69, 9.17) is 5.73 Å². The van der Waals surface area contributed by atoms with Crippen LogP contribution in [-0.4, -0.2) is 4.98 Å². The molecule has 2 N–H and O–H groups in total. The Labute approximate surface area is 78.4 Å². The largest absolute Gasteiger partial charge is 0.321 e. The highest BCUT2D eigenvalue weighted by Gasteiger charge is 2.09. The molecule has 0 unspecified atom stereocenters. The molecule has 1 rings (SSSR count). The van der Waals surface area contributed by atoms with E-state index < -0.39 is 12.0 Å². The summed E-state index contributed by atoms with van der Waals surface area (Å²) in [4.78, 5) is 3.51. The molecule has 0 spiro atoms. The van der Waals surface area contributed by atoms with Gasteiger partial charge in [0.1, 0.15) is 0 Å². The first-order valence-corrected chi connectivity index (χ1v) is 4.13. The van der Waals surface area contributed by atoms with Crippen molar-refractivity contribution in [2.45, 2.75) is 6.04 Å². The molecule has 1 aromatic heterocycles. The number of hydrogen-bond acceptors (Lipinski definition) is 2. The molecular formula is C8H8BrFN2. The second-order valence-electron chi connectivity index (χ2n) is 2.30. The summed E-state index contributed by atoms with van der Waals surface area (Å²) in [5.74, 6) is -0.550. The van der Waals surface area contributed by atoms with Crippen LogP contribution in [0.4, 0.5) is 4.39 Å². The number of nitrogens with zero attached hydrogens (tertiary/aromatic N) is 1. The quantitative estimate of drug-likeness (QED) is 0.625. The number of halogens is 2. The van der Waals surface area contributed by atoms with Crippen LogP contribution in [0, 0.1) is 5.95 Å². The molecule has 0 radical (unpaired) electrons. The van der Waals surface area contributed by atoms with E-state index in [1.54, 1.807) is 6.07 Å². The zero-order valence-corrected chi connectivity index (χ0v) is 7.88. The summed E-state index contributed by atoms with van der Waals surface area (Å²) in [6, 6.07) is 1.09. The van der Waals surface area contributed by atoms with Crippen molar-refractivity contribution in [1.82, 2.24) is 4.98 Å². The van der Waals surface area contributed by atoms with Gasteiger partial charge in [-0.05, 0) is 22.0 Å². The Morgan fingerprint density at radius 2 is 2.42 bits per heavy atom. The Morgan fingerprint density at radius 3 is 3.00 bits per heavy atom. The molecule has 0 aliphatic carbocycles. The van der Waals surface area contributed by atoms with Gasteiger partial charge < -0.3 is 5.73 Å². The van der Waals surface area contributed by atoms with Gasteiger partial charge in [0.15, 0.2) is 0 Å². The van der Waals surface area contributed by atoms with Gasteiger partial charge in [0.25, 0.3) is 0 Å². The number of pyridine rings is 1. The average molecular weight is 231 g/mol. The molecule has 0 aliphatic heterocycles. The summed E-state index contributed by atoms with van der Waals surface area (Å²) in [7, 11) is 0. The van der Waals surface area contributed by atoms with Gasteiger partial charge >= 0.3 is 0 Å². The minimum atomic E-state index is -0.550. The lowest BCUT2D eigenvalue weighted by Gasteiger charge is -2.06. The van der Waals surface area contributed by atoms with Crippen molar-refractivity contribution in [3.63, 3.8) is 0 Å². The highest BCUT2D eigenvalue weighted by molar-refractivity contribution is 9.10. The zero-order valence-electron chi connectivity index (χ0n) is 6.30. The first kappa shape index (κ1) is 9.35. The molecule has 0 amide bonds. The van der Waals surface area contributed by atoms with E-state index in [0.29, 0.717) is 10.0 Å². The molecule has 0 fully saturated rings. The van der Waals surface area contributed by atoms with Crippen LogP contribution in [-0.2, 0) is 0 Å². The fourth-order valence-corrected chi connectivity index (χ4v) is 1.15. The fraction of sp³-hybridized carbons (Fsp3) is 0.125. The van der Waals surface area contributed by atoms with Gasteiger partial charge in [-0.3, -0.25) is 0 Å². The molecule has 4 heteroatoms. The third-order valence-corrected chi connectivity index (χ3v) is 1.88. The van der Waals surface area contributed by atoms with Crippen LogP contribution in [0.15, 0.2) is 29.4 Å². The summed E-state index contributed by atoms with van der Waals surface area (Å²) in [6.45, 7) is 3.47. The van der Waals surface area contributed by atoms with Gasteiger partial charge in [0.2, 0.25) is 5.95 Å². The van der Waals surface area contributed by atoms with Crippen LogP contribution < -0.4 is 5.73 Å². The van der Waals surface area contributed by atoms with Crippen LogP contribution in [0.1, 0.15) is 11.6 Å². The normalized spacial score (nSPS) is 12.6. The average Bonchev–Trinajstić information content (AvgIpc) is 2.08. The maximum Gasteiger partial charge on any atom is 0.218 e. The van der Waals surface area contributed by atoms with E-state index >= 15 is 0 Å². The van der Waals surface area contributed by atoms with E-state index in [1.807, 2.05) is 0 Å². The topological polar surface area (TPSA) is 38.9 Å². The molecule has 0 saturated heterocycles. The number of rotatable bonds is 2. The third kappa shape index (κ3) is 1.89. The molecule has 64 valence electrons. The Balaban J connectivity index is 3.12. The molecular weight excluding hydrogens is 223 g/mol. The minimum Gasteiger partial charge on any atom is -0.321 e. The van der Waals surface area contributed by atoms with Crippen molar-refractivity contribution in [2.75, 3.05) is 0 Å². The minimum absolute atomic E-state index is 0.347. The Kier molecular flexibility index (Phi) is 2.94. The summed E-state index contributed by atoms with van der Waals surface area (Å²) < 4.78 is 13.7. The molecule has 0 aliphatic rings. The Morgan fingerprint density at radius 1 is 1.75 bits per heavy atom. The van der Waals surface area contributed by atoms with Crippen molar-refractivity contribution in [2.24, 2.45) is 5.73 Å². The number of hydrogen-bond donors (Lipinski definition) is 1. The molecule has 0 saturated carbocycles. The predicted molar refractivity (Wildman–Crippen MR) is 49.0 cm³/mol. The van der Waals surface area contributed by atoms with Crippen LogP contribution in [0.2, 0.25) is 0 Å². The summed E-state index contributed by atoms with van der Waals surface area (Å²) in [6.07, 6.45) is 2.85. The highest BCUT2D eigenvalue weighted by atomic mass is 79.9. The van der Waals surface area contributed by atoms with Crippen molar-refractivity contribution in [3.05, 3.63) is 40.9 Å². The maximum atomic E-state index is 12.9. The highest BCUT2D eigenvalue weighted by Crippen LogP contribution is 2.18. The van der Waals surface area contributed by atoms with Crippen molar-refractivity contribution in [3.8, 4) is 0 Å². The molecule has 0 bridgehead atoms. The van der Waals surface area contributed by atoms with Crippen LogP contribution in [0.3, 0.4) is 0 Å². The Bertz CT molecular complexity index is 301. The van der Waals surface area contributed by atoms with Gasteiger partial charge in [0, 0.05) is 16.2 Å². The predicted octanol–water partition coefficient (Wildman–Crippen LogP) is 2.17. The van der Waals surface area contributed by atoms with Gasteiger partial charge in [-0.15, -0.1) is 6.58 Å². The van der Waals surface area contributed by atoms with E-state index in [9.17, 15) is 4.39 Å². The third-order valence-electron chi connectivity index (χ3n) is 1.45. The van der Waals surface area contributed by atoms with Gasteiger partial charge in [-0.1, -0.05) is 6.08 Å². The first-order valence-electron chi connectivity index (χ1n) is 3.34. The standard InChI is InChI=1S/C8H8BrFN2/c1-2-7(11)6-3-5(9)4-12-8(6)10/h2-4,7H,1,11H2/t7-/m1/s1. The molecule has 2 nitrogen and oxygen atoms in total. The molecule has 1 aromatic rings. The van der Waals surface area contributed by atoms with Gasteiger partial charge in [-0.25, -0.2) is 4.98 Å². The molecule has 1 heterocycles. The number of nitrogens with two attached hydrogens (primary N) is 1. The zero-order chi connectivity index (χ0) is 9.14. The van der Waals surface area contributed by atoms with Gasteiger partial charge in [0.05, 0.1) is 6.04 Å². The van der Waals surface area contributed by atoms with Crippen molar-refractivity contribution >= 4 is 15.9 Å². The molecule has 0 aromatic carbocycles. The van der Waals surface area contributed by atoms with Crippen LogP contribution in [0.25, 0.3) is 0 Å². The van der Waals surface area contributed by atoms with Gasteiger partial charge in [-0.2, -0.15) is 4.39 Å².